The Kier molecular flexibility index (Phi) is 7.49. The molecule has 2 aromatic rings. The molecule has 1 fully saturated rings. The SMILES string of the molecule is CCC(=O)N1CCN(c2ccc(NC(=O)C(C)(C)Oc3ccc(Br)cc3)cc2Cl)CC1. The first kappa shape index (κ1) is 23.4. The van der Waals surface area contributed by atoms with Crippen LogP contribution in [0.15, 0.2) is 46.9 Å². The minimum atomic E-state index is -1.07. The van der Waals surface area contributed by atoms with Gasteiger partial charge in [-0.15, -0.1) is 0 Å². The number of nitrogens with one attached hydrogen (secondary N) is 1. The summed E-state index contributed by atoms with van der Waals surface area (Å²) in [4.78, 5) is 28.7. The average molecular weight is 509 g/mol. The van der Waals surface area contributed by atoms with Gasteiger partial charge in [-0.3, -0.25) is 9.59 Å². The highest BCUT2D eigenvalue weighted by Crippen LogP contribution is 2.30. The summed E-state index contributed by atoms with van der Waals surface area (Å²) >= 11 is 9.91. The van der Waals surface area contributed by atoms with E-state index in [1.54, 1.807) is 32.0 Å². The molecule has 1 saturated heterocycles. The van der Waals surface area contributed by atoms with Crippen molar-refractivity contribution < 1.29 is 14.3 Å². The Balaban J connectivity index is 1.62. The standard InChI is InChI=1S/C23H27BrClN3O3/c1-4-21(29)28-13-11-27(12-14-28)20-10-7-17(15-19(20)25)26-22(30)23(2,3)31-18-8-5-16(24)6-9-18/h5-10,15H,4,11-14H2,1-3H3,(H,26,30). The van der Waals surface area contributed by atoms with Gasteiger partial charge in [0.1, 0.15) is 5.75 Å². The number of nitrogens with zero attached hydrogens (tertiary/aromatic N) is 2. The second-order valence-corrected chi connectivity index (χ2v) is 9.23. The second-order valence-electron chi connectivity index (χ2n) is 7.91. The Bertz CT molecular complexity index is 942. The molecule has 0 spiro atoms. The normalized spacial score (nSPS) is 14.4. The Morgan fingerprint density at radius 2 is 1.74 bits per heavy atom. The highest BCUT2D eigenvalue weighted by molar-refractivity contribution is 9.10. The van der Waals surface area contributed by atoms with Crippen molar-refractivity contribution in [2.75, 3.05) is 36.4 Å². The van der Waals surface area contributed by atoms with Crippen LogP contribution in [0.1, 0.15) is 27.2 Å². The summed E-state index contributed by atoms with van der Waals surface area (Å²) in [6.45, 7) is 8.14. The van der Waals surface area contributed by atoms with Gasteiger partial charge in [-0.05, 0) is 56.3 Å². The van der Waals surface area contributed by atoms with Gasteiger partial charge >= 0.3 is 0 Å². The summed E-state index contributed by atoms with van der Waals surface area (Å²) in [5.41, 5.74) is 0.431. The third-order valence-electron chi connectivity index (χ3n) is 5.21. The molecule has 2 amide bonds. The second kappa shape index (κ2) is 9.92. The van der Waals surface area contributed by atoms with Crippen molar-refractivity contribution in [1.29, 1.82) is 0 Å². The van der Waals surface area contributed by atoms with Crippen LogP contribution in [0.3, 0.4) is 0 Å². The smallest absolute Gasteiger partial charge is 0.267 e. The fraction of sp³-hybridized carbons (Fsp3) is 0.391. The van der Waals surface area contributed by atoms with E-state index in [1.807, 2.05) is 36.1 Å². The fourth-order valence-electron chi connectivity index (χ4n) is 3.39. The molecule has 166 valence electrons. The lowest BCUT2D eigenvalue weighted by Crippen LogP contribution is -2.48. The number of benzene rings is 2. The molecule has 2 aromatic carbocycles. The van der Waals surface area contributed by atoms with Gasteiger partial charge < -0.3 is 19.9 Å². The number of rotatable bonds is 6. The Morgan fingerprint density at radius 1 is 1.10 bits per heavy atom. The minimum absolute atomic E-state index is 0.178. The van der Waals surface area contributed by atoms with E-state index in [9.17, 15) is 9.59 Å². The van der Waals surface area contributed by atoms with Crippen LogP contribution < -0.4 is 15.0 Å². The zero-order valence-electron chi connectivity index (χ0n) is 18.0. The quantitative estimate of drug-likeness (QED) is 0.599. The first-order chi connectivity index (χ1) is 14.7. The number of carbonyl (C=O) groups is 2. The van der Waals surface area contributed by atoms with Crippen molar-refractivity contribution in [1.82, 2.24) is 4.90 Å². The molecule has 3 rings (SSSR count). The molecule has 31 heavy (non-hydrogen) atoms. The van der Waals surface area contributed by atoms with Gasteiger partial charge in [0.2, 0.25) is 5.91 Å². The number of ether oxygens (including phenoxy) is 1. The number of hydrogen-bond donors (Lipinski definition) is 1. The molecule has 0 bridgehead atoms. The van der Waals surface area contributed by atoms with Crippen molar-refractivity contribution >= 4 is 50.7 Å². The first-order valence-corrected chi connectivity index (χ1v) is 11.4. The van der Waals surface area contributed by atoms with Crippen LogP contribution in [0.4, 0.5) is 11.4 Å². The van der Waals surface area contributed by atoms with Crippen molar-refractivity contribution in [3.63, 3.8) is 0 Å². The van der Waals surface area contributed by atoms with E-state index in [0.29, 0.717) is 36.0 Å². The van der Waals surface area contributed by atoms with Gasteiger partial charge in [-0.25, -0.2) is 0 Å². The van der Waals surface area contributed by atoms with Gasteiger partial charge in [0.25, 0.3) is 5.91 Å². The van der Waals surface area contributed by atoms with Crippen LogP contribution in [0.2, 0.25) is 5.02 Å². The van der Waals surface area contributed by atoms with Gasteiger partial charge in [-0.1, -0.05) is 34.5 Å². The molecular weight excluding hydrogens is 482 g/mol. The van der Waals surface area contributed by atoms with Crippen molar-refractivity contribution in [3.8, 4) is 5.75 Å². The van der Waals surface area contributed by atoms with Crippen LogP contribution in [0.5, 0.6) is 5.75 Å². The molecule has 0 unspecified atom stereocenters. The maximum absolute atomic E-state index is 12.8. The average Bonchev–Trinajstić information content (AvgIpc) is 2.75. The molecule has 6 nitrogen and oxygen atoms in total. The van der Waals surface area contributed by atoms with Crippen LogP contribution in [-0.2, 0) is 9.59 Å². The van der Waals surface area contributed by atoms with E-state index in [0.717, 1.165) is 23.2 Å². The summed E-state index contributed by atoms with van der Waals surface area (Å²) in [6.07, 6.45) is 0.525. The lowest BCUT2D eigenvalue weighted by Gasteiger charge is -2.36. The van der Waals surface area contributed by atoms with E-state index in [2.05, 4.69) is 26.1 Å². The van der Waals surface area contributed by atoms with Gasteiger partial charge in [0, 0.05) is 42.8 Å². The highest BCUT2D eigenvalue weighted by atomic mass is 79.9. The molecule has 1 aliphatic heterocycles. The summed E-state index contributed by atoms with van der Waals surface area (Å²) in [7, 11) is 0. The number of hydrogen-bond acceptors (Lipinski definition) is 4. The third kappa shape index (κ3) is 5.92. The Labute approximate surface area is 196 Å². The summed E-state index contributed by atoms with van der Waals surface area (Å²) in [6, 6.07) is 12.8. The van der Waals surface area contributed by atoms with Crippen molar-refractivity contribution in [3.05, 3.63) is 52.0 Å². The van der Waals surface area contributed by atoms with Gasteiger partial charge in [-0.2, -0.15) is 0 Å². The fourth-order valence-corrected chi connectivity index (χ4v) is 3.95. The molecule has 0 radical (unpaired) electrons. The summed E-state index contributed by atoms with van der Waals surface area (Å²) < 4.78 is 6.81. The Morgan fingerprint density at radius 3 is 2.32 bits per heavy atom. The van der Waals surface area contributed by atoms with Gasteiger partial charge in [0.05, 0.1) is 10.7 Å². The predicted molar refractivity (Wildman–Crippen MR) is 128 cm³/mol. The van der Waals surface area contributed by atoms with Crippen LogP contribution in [0, 0.1) is 0 Å². The van der Waals surface area contributed by atoms with Crippen LogP contribution in [0.25, 0.3) is 0 Å². The largest absolute Gasteiger partial charge is 0.478 e. The number of halogens is 2. The number of anilines is 2. The zero-order valence-corrected chi connectivity index (χ0v) is 20.3. The molecular formula is C23H27BrClN3O3. The number of carbonyl (C=O) groups excluding carboxylic acids is 2. The Hall–Kier alpha value is -2.25. The molecule has 1 heterocycles. The highest BCUT2D eigenvalue weighted by Gasteiger charge is 2.30. The lowest BCUT2D eigenvalue weighted by atomic mass is 10.1. The molecule has 8 heteroatoms. The van der Waals surface area contributed by atoms with E-state index in [1.165, 1.54) is 0 Å². The number of amides is 2. The lowest BCUT2D eigenvalue weighted by molar-refractivity contribution is -0.131. The molecule has 0 atom stereocenters. The van der Waals surface area contributed by atoms with E-state index >= 15 is 0 Å². The monoisotopic (exact) mass is 507 g/mol. The molecule has 1 aliphatic rings. The van der Waals surface area contributed by atoms with Crippen molar-refractivity contribution in [2.24, 2.45) is 0 Å². The third-order valence-corrected chi connectivity index (χ3v) is 6.05. The molecule has 0 aliphatic carbocycles. The zero-order chi connectivity index (χ0) is 22.6. The van der Waals surface area contributed by atoms with Crippen molar-refractivity contribution in [2.45, 2.75) is 32.8 Å². The summed E-state index contributed by atoms with van der Waals surface area (Å²) in [5, 5.41) is 3.44. The van der Waals surface area contributed by atoms with E-state index in [4.69, 9.17) is 16.3 Å². The van der Waals surface area contributed by atoms with Gasteiger partial charge in [0.15, 0.2) is 5.60 Å². The molecule has 1 N–H and O–H groups in total. The maximum atomic E-state index is 12.8. The predicted octanol–water partition coefficient (Wildman–Crippen LogP) is 4.96. The number of piperazine rings is 1. The molecule has 0 saturated carbocycles. The van der Waals surface area contributed by atoms with E-state index in [-0.39, 0.29) is 11.8 Å². The topological polar surface area (TPSA) is 61.9 Å². The maximum Gasteiger partial charge on any atom is 0.267 e. The summed E-state index contributed by atoms with van der Waals surface area (Å²) in [5.74, 6) is 0.514. The van der Waals surface area contributed by atoms with Crippen LogP contribution in [-0.4, -0.2) is 48.5 Å². The van der Waals surface area contributed by atoms with Crippen LogP contribution >= 0.6 is 27.5 Å². The first-order valence-electron chi connectivity index (χ1n) is 10.3. The molecule has 0 aromatic heterocycles. The minimum Gasteiger partial charge on any atom is -0.478 e. The van der Waals surface area contributed by atoms with E-state index < -0.39 is 5.60 Å².